The molecular formula is C8H13N3O4. The molecule has 0 spiro atoms. The minimum atomic E-state index is -0.472. The molecule has 0 aliphatic carbocycles. The molecule has 0 radical (unpaired) electrons. The van der Waals surface area contributed by atoms with Gasteiger partial charge in [0.1, 0.15) is 5.76 Å². The van der Waals surface area contributed by atoms with E-state index in [1.165, 1.54) is 0 Å². The van der Waals surface area contributed by atoms with Crippen LogP contribution in [0, 0.1) is 0 Å². The second-order valence-corrected chi connectivity index (χ2v) is 2.62. The smallest absolute Gasteiger partial charge is 0.239 e. The Morgan fingerprint density at radius 3 is 2.20 bits per heavy atom. The van der Waals surface area contributed by atoms with Gasteiger partial charge in [0.05, 0.1) is 19.6 Å². The average Bonchev–Trinajstić information content (AvgIpc) is 2.20. The van der Waals surface area contributed by atoms with Gasteiger partial charge in [-0.25, -0.2) is 0 Å². The zero-order valence-electron chi connectivity index (χ0n) is 8.08. The van der Waals surface area contributed by atoms with Crippen molar-refractivity contribution < 1.29 is 19.5 Å². The molecule has 15 heavy (non-hydrogen) atoms. The normalized spacial score (nSPS) is 8.80. The number of hydrogen-bond donors (Lipinski definition) is 4. The van der Waals surface area contributed by atoms with Crippen molar-refractivity contribution in [1.29, 1.82) is 0 Å². The molecule has 0 aliphatic heterocycles. The molecule has 0 bridgehead atoms. The van der Waals surface area contributed by atoms with Gasteiger partial charge in [-0.05, 0) is 0 Å². The zero-order valence-corrected chi connectivity index (χ0v) is 8.08. The van der Waals surface area contributed by atoms with Crippen molar-refractivity contribution in [2.75, 3.05) is 19.6 Å². The number of carbonyl (C=O) groups is 3. The molecule has 7 heteroatoms. The Labute approximate surface area is 86.5 Å². The minimum Gasteiger partial charge on any atom is -0.511 e. The quantitative estimate of drug-likeness (QED) is 0.292. The summed E-state index contributed by atoms with van der Waals surface area (Å²) in [5, 5.41) is 15.4. The highest BCUT2D eigenvalue weighted by atomic mass is 16.3. The van der Waals surface area contributed by atoms with Crippen molar-refractivity contribution in [1.82, 2.24) is 16.0 Å². The Hall–Kier alpha value is -2.05. The van der Waals surface area contributed by atoms with Gasteiger partial charge in [-0.15, -0.1) is 0 Å². The molecule has 0 saturated carbocycles. The highest BCUT2D eigenvalue weighted by molar-refractivity contribution is 5.86. The summed E-state index contributed by atoms with van der Waals surface area (Å²) in [5.41, 5.74) is 0. The van der Waals surface area contributed by atoms with E-state index >= 15 is 0 Å². The first-order valence-electron chi connectivity index (χ1n) is 4.13. The number of hydrogen-bond acceptors (Lipinski definition) is 4. The number of amides is 3. The second-order valence-electron chi connectivity index (χ2n) is 2.62. The molecule has 4 N–H and O–H groups in total. The fourth-order valence-electron chi connectivity index (χ4n) is 0.639. The zero-order chi connectivity index (χ0) is 11.7. The van der Waals surface area contributed by atoms with Crippen LogP contribution in [0.3, 0.4) is 0 Å². The van der Waals surface area contributed by atoms with Crippen LogP contribution in [0.1, 0.15) is 0 Å². The lowest BCUT2D eigenvalue weighted by Crippen LogP contribution is -2.40. The fourth-order valence-corrected chi connectivity index (χ4v) is 0.639. The summed E-state index contributed by atoms with van der Waals surface area (Å²) >= 11 is 0. The maximum atomic E-state index is 11.0. The van der Waals surface area contributed by atoms with E-state index in [-0.39, 0.29) is 25.4 Å². The molecule has 0 aromatic heterocycles. The number of aliphatic hydroxyl groups is 1. The van der Waals surface area contributed by atoms with Gasteiger partial charge in [-0.2, -0.15) is 0 Å². The molecule has 0 unspecified atom stereocenters. The molecule has 0 rings (SSSR count). The molecular weight excluding hydrogens is 202 g/mol. The van der Waals surface area contributed by atoms with Crippen LogP contribution in [0.25, 0.3) is 0 Å². The Morgan fingerprint density at radius 1 is 1.13 bits per heavy atom. The molecule has 0 aromatic carbocycles. The van der Waals surface area contributed by atoms with E-state index in [0.29, 0.717) is 6.41 Å². The molecule has 0 atom stereocenters. The molecule has 0 aliphatic rings. The third kappa shape index (κ3) is 8.28. The van der Waals surface area contributed by atoms with Crippen LogP contribution in [0.15, 0.2) is 12.3 Å². The summed E-state index contributed by atoms with van der Waals surface area (Å²) in [4.78, 5) is 31.6. The van der Waals surface area contributed by atoms with Crippen LogP contribution in [0.5, 0.6) is 0 Å². The number of nitrogens with one attached hydrogen (secondary N) is 3. The average molecular weight is 215 g/mol. The Kier molecular flexibility index (Phi) is 6.36. The van der Waals surface area contributed by atoms with E-state index in [9.17, 15) is 14.4 Å². The summed E-state index contributed by atoms with van der Waals surface area (Å²) in [6, 6.07) is 0. The first-order valence-corrected chi connectivity index (χ1v) is 4.13. The van der Waals surface area contributed by atoms with E-state index in [1.807, 2.05) is 0 Å². The standard InChI is InChI=1S/C8H13N3O4/c1-6(13)2-10-8(15)4-11-7(14)3-9-5-12/h5,13H,1-4H2,(H,9,12)(H,10,15)(H,11,14). The van der Waals surface area contributed by atoms with Gasteiger partial charge in [0.25, 0.3) is 0 Å². The molecule has 0 fully saturated rings. The molecule has 3 amide bonds. The molecule has 0 saturated heterocycles. The number of carbonyl (C=O) groups excluding carboxylic acids is 3. The van der Waals surface area contributed by atoms with Gasteiger partial charge in [-0.1, -0.05) is 6.58 Å². The Balaban J connectivity index is 3.57. The lowest BCUT2D eigenvalue weighted by atomic mass is 10.5. The SMILES string of the molecule is C=C(O)CNC(=O)CNC(=O)CNC=O. The Morgan fingerprint density at radius 2 is 1.67 bits per heavy atom. The molecule has 84 valence electrons. The van der Waals surface area contributed by atoms with Crippen molar-refractivity contribution in [3.63, 3.8) is 0 Å². The first kappa shape index (κ1) is 12.9. The number of aliphatic hydroxyl groups excluding tert-OH is 1. The summed E-state index contributed by atoms with van der Waals surface area (Å²) in [5.74, 6) is -1.10. The second kappa shape index (κ2) is 7.36. The van der Waals surface area contributed by atoms with Crippen molar-refractivity contribution in [2.45, 2.75) is 0 Å². The lowest BCUT2D eigenvalue weighted by Gasteiger charge is -2.05. The van der Waals surface area contributed by atoms with E-state index < -0.39 is 11.8 Å². The van der Waals surface area contributed by atoms with Gasteiger partial charge in [0.2, 0.25) is 18.2 Å². The highest BCUT2D eigenvalue weighted by Gasteiger charge is 2.04. The molecule has 0 heterocycles. The fraction of sp³-hybridized carbons (Fsp3) is 0.375. The van der Waals surface area contributed by atoms with Crippen molar-refractivity contribution in [2.24, 2.45) is 0 Å². The molecule has 0 aromatic rings. The maximum absolute atomic E-state index is 11.0. The van der Waals surface area contributed by atoms with Gasteiger partial charge in [0, 0.05) is 0 Å². The predicted molar refractivity (Wildman–Crippen MR) is 51.9 cm³/mol. The first-order chi connectivity index (χ1) is 7.06. The highest BCUT2D eigenvalue weighted by Crippen LogP contribution is 1.76. The van der Waals surface area contributed by atoms with Gasteiger partial charge in [0.15, 0.2) is 0 Å². The van der Waals surface area contributed by atoms with Crippen LogP contribution in [-0.2, 0) is 14.4 Å². The van der Waals surface area contributed by atoms with Crippen LogP contribution in [-0.4, -0.2) is 43.0 Å². The van der Waals surface area contributed by atoms with Crippen LogP contribution < -0.4 is 16.0 Å². The summed E-state index contributed by atoms with van der Waals surface area (Å²) in [6.45, 7) is 2.72. The lowest BCUT2D eigenvalue weighted by molar-refractivity contribution is -0.126. The van der Waals surface area contributed by atoms with Gasteiger partial charge >= 0.3 is 0 Å². The third-order valence-corrected chi connectivity index (χ3v) is 1.28. The molecule has 7 nitrogen and oxygen atoms in total. The largest absolute Gasteiger partial charge is 0.511 e. The minimum absolute atomic E-state index is 0.0543. The summed E-state index contributed by atoms with van der Waals surface area (Å²) in [7, 11) is 0. The van der Waals surface area contributed by atoms with E-state index in [4.69, 9.17) is 5.11 Å². The van der Waals surface area contributed by atoms with E-state index in [0.717, 1.165) is 0 Å². The van der Waals surface area contributed by atoms with Crippen LogP contribution in [0.4, 0.5) is 0 Å². The third-order valence-electron chi connectivity index (χ3n) is 1.28. The van der Waals surface area contributed by atoms with Crippen LogP contribution >= 0.6 is 0 Å². The maximum Gasteiger partial charge on any atom is 0.239 e. The van der Waals surface area contributed by atoms with E-state index in [1.54, 1.807) is 0 Å². The summed E-state index contributed by atoms with van der Waals surface area (Å²) in [6.07, 6.45) is 0.384. The summed E-state index contributed by atoms with van der Waals surface area (Å²) < 4.78 is 0. The Bertz CT molecular complexity index is 265. The monoisotopic (exact) mass is 215 g/mol. The number of rotatable bonds is 7. The predicted octanol–water partition coefficient (Wildman–Crippen LogP) is -1.96. The van der Waals surface area contributed by atoms with Crippen molar-refractivity contribution in [3.05, 3.63) is 12.3 Å². The topological polar surface area (TPSA) is 108 Å². The van der Waals surface area contributed by atoms with Gasteiger partial charge in [-0.3, -0.25) is 14.4 Å². The van der Waals surface area contributed by atoms with Crippen LogP contribution in [0.2, 0.25) is 0 Å². The van der Waals surface area contributed by atoms with Crippen molar-refractivity contribution in [3.8, 4) is 0 Å². The van der Waals surface area contributed by atoms with Gasteiger partial charge < -0.3 is 21.1 Å². The van der Waals surface area contributed by atoms with Crippen molar-refractivity contribution >= 4 is 18.2 Å². The van der Waals surface area contributed by atoms with E-state index in [2.05, 4.69) is 22.5 Å².